The fourth-order valence-corrected chi connectivity index (χ4v) is 2.41. The van der Waals surface area contributed by atoms with Crippen LogP contribution in [-0.2, 0) is 11.2 Å². The standard InChI is InChI=1S/C14H22N2O/c1-16(9-10-17-2)11-14-13-6-4-3-5-12(13)7-8-15-14/h3-6,14-15H,7-11H2,1-2H3. The number of rotatable bonds is 5. The van der Waals surface area contributed by atoms with Gasteiger partial charge in [0.05, 0.1) is 6.61 Å². The van der Waals surface area contributed by atoms with Crippen LogP contribution in [0.2, 0.25) is 0 Å². The molecule has 2 rings (SSSR count). The van der Waals surface area contributed by atoms with Crippen molar-refractivity contribution in [1.29, 1.82) is 0 Å². The molecule has 1 aliphatic rings. The van der Waals surface area contributed by atoms with Gasteiger partial charge in [-0.05, 0) is 31.1 Å². The Morgan fingerprint density at radius 2 is 2.24 bits per heavy atom. The van der Waals surface area contributed by atoms with Gasteiger partial charge in [-0.25, -0.2) is 0 Å². The predicted octanol–water partition coefficient (Wildman–Crippen LogP) is 1.45. The third kappa shape index (κ3) is 3.28. The third-order valence-corrected chi connectivity index (χ3v) is 3.39. The molecule has 94 valence electrons. The van der Waals surface area contributed by atoms with Crippen molar-refractivity contribution in [1.82, 2.24) is 10.2 Å². The lowest BCUT2D eigenvalue weighted by Gasteiger charge is -2.30. The van der Waals surface area contributed by atoms with Crippen LogP contribution < -0.4 is 5.32 Å². The molecule has 0 saturated heterocycles. The molecule has 0 radical (unpaired) electrons. The van der Waals surface area contributed by atoms with Crippen LogP contribution in [-0.4, -0.2) is 45.3 Å². The predicted molar refractivity (Wildman–Crippen MR) is 70.3 cm³/mol. The number of nitrogens with zero attached hydrogens (tertiary/aromatic N) is 1. The number of hydrogen-bond acceptors (Lipinski definition) is 3. The van der Waals surface area contributed by atoms with Gasteiger partial charge < -0.3 is 15.0 Å². The third-order valence-electron chi connectivity index (χ3n) is 3.39. The summed E-state index contributed by atoms with van der Waals surface area (Å²) in [7, 11) is 3.90. The van der Waals surface area contributed by atoms with Gasteiger partial charge in [0.2, 0.25) is 0 Å². The topological polar surface area (TPSA) is 24.5 Å². The molecule has 1 heterocycles. The molecule has 1 aromatic carbocycles. The van der Waals surface area contributed by atoms with Gasteiger partial charge in [0.25, 0.3) is 0 Å². The Labute approximate surface area is 104 Å². The van der Waals surface area contributed by atoms with Gasteiger partial charge in [-0.15, -0.1) is 0 Å². The van der Waals surface area contributed by atoms with Crippen LogP contribution in [0.1, 0.15) is 17.2 Å². The highest BCUT2D eigenvalue weighted by molar-refractivity contribution is 5.32. The van der Waals surface area contributed by atoms with Crippen molar-refractivity contribution >= 4 is 0 Å². The van der Waals surface area contributed by atoms with Crippen LogP contribution in [0, 0.1) is 0 Å². The average Bonchev–Trinajstić information content (AvgIpc) is 2.37. The van der Waals surface area contributed by atoms with E-state index < -0.39 is 0 Å². The van der Waals surface area contributed by atoms with Gasteiger partial charge in [-0.2, -0.15) is 0 Å². The fourth-order valence-electron chi connectivity index (χ4n) is 2.41. The average molecular weight is 234 g/mol. The maximum absolute atomic E-state index is 5.11. The first-order valence-corrected chi connectivity index (χ1v) is 6.30. The first kappa shape index (κ1) is 12.6. The minimum absolute atomic E-state index is 0.460. The molecular weight excluding hydrogens is 212 g/mol. The number of methoxy groups -OCH3 is 1. The molecule has 0 bridgehead atoms. The van der Waals surface area contributed by atoms with E-state index in [1.807, 2.05) is 0 Å². The molecule has 0 amide bonds. The zero-order valence-electron chi connectivity index (χ0n) is 10.8. The first-order chi connectivity index (χ1) is 8.31. The Kier molecular flexibility index (Phi) is 4.54. The zero-order chi connectivity index (χ0) is 12.1. The van der Waals surface area contributed by atoms with Crippen molar-refractivity contribution in [2.75, 3.05) is 40.4 Å². The summed E-state index contributed by atoms with van der Waals surface area (Å²) in [6.07, 6.45) is 1.15. The summed E-state index contributed by atoms with van der Waals surface area (Å²) in [6, 6.07) is 9.22. The molecule has 1 unspecified atom stereocenters. The van der Waals surface area contributed by atoms with E-state index in [0.29, 0.717) is 6.04 Å². The van der Waals surface area contributed by atoms with Crippen LogP contribution in [0.4, 0.5) is 0 Å². The number of benzene rings is 1. The largest absolute Gasteiger partial charge is 0.383 e. The molecule has 0 aromatic heterocycles. The molecule has 0 aliphatic carbocycles. The van der Waals surface area contributed by atoms with Crippen molar-refractivity contribution in [3.05, 3.63) is 35.4 Å². The van der Waals surface area contributed by atoms with Crippen molar-refractivity contribution in [3.63, 3.8) is 0 Å². The van der Waals surface area contributed by atoms with Gasteiger partial charge in [0.15, 0.2) is 0 Å². The summed E-state index contributed by atoms with van der Waals surface area (Å²) in [6.45, 7) is 3.90. The van der Waals surface area contributed by atoms with Crippen molar-refractivity contribution < 1.29 is 4.74 Å². The Morgan fingerprint density at radius 3 is 3.06 bits per heavy atom. The number of nitrogens with one attached hydrogen (secondary N) is 1. The maximum Gasteiger partial charge on any atom is 0.0589 e. The maximum atomic E-state index is 5.11. The molecule has 17 heavy (non-hydrogen) atoms. The minimum Gasteiger partial charge on any atom is -0.383 e. The van der Waals surface area contributed by atoms with Crippen LogP contribution in [0.3, 0.4) is 0 Å². The number of fused-ring (bicyclic) bond motifs is 1. The molecule has 1 N–H and O–H groups in total. The van der Waals surface area contributed by atoms with E-state index in [2.05, 4.69) is 41.5 Å². The number of likely N-dealkylation sites (N-methyl/N-ethyl adjacent to an activating group) is 1. The quantitative estimate of drug-likeness (QED) is 0.834. The molecule has 1 aromatic rings. The van der Waals surface area contributed by atoms with Gasteiger partial charge in [0.1, 0.15) is 0 Å². The molecule has 0 fully saturated rings. The van der Waals surface area contributed by atoms with Crippen LogP contribution in [0.15, 0.2) is 24.3 Å². The lowest BCUT2D eigenvalue weighted by molar-refractivity contribution is 0.155. The Morgan fingerprint density at radius 1 is 1.41 bits per heavy atom. The number of hydrogen-bond donors (Lipinski definition) is 1. The van der Waals surface area contributed by atoms with Gasteiger partial charge in [-0.3, -0.25) is 0 Å². The summed E-state index contributed by atoms with van der Waals surface area (Å²) in [5.74, 6) is 0. The lowest BCUT2D eigenvalue weighted by atomic mass is 9.94. The van der Waals surface area contributed by atoms with Gasteiger partial charge in [0, 0.05) is 26.2 Å². The molecule has 0 spiro atoms. The van der Waals surface area contributed by atoms with E-state index in [1.165, 1.54) is 11.1 Å². The molecule has 3 heteroatoms. The lowest BCUT2D eigenvalue weighted by Crippen LogP contribution is -2.38. The van der Waals surface area contributed by atoms with Gasteiger partial charge in [-0.1, -0.05) is 24.3 Å². The summed E-state index contributed by atoms with van der Waals surface area (Å²) in [5, 5.41) is 3.60. The molecule has 1 atom stereocenters. The Bertz CT molecular complexity index is 354. The normalized spacial score (nSPS) is 19.4. The van der Waals surface area contributed by atoms with Gasteiger partial charge >= 0.3 is 0 Å². The minimum atomic E-state index is 0.460. The highest BCUT2D eigenvalue weighted by atomic mass is 16.5. The monoisotopic (exact) mass is 234 g/mol. The van der Waals surface area contributed by atoms with Crippen molar-refractivity contribution in [2.24, 2.45) is 0 Å². The Balaban J connectivity index is 1.98. The van der Waals surface area contributed by atoms with Crippen molar-refractivity contribution in [3.8, 4) is 0 Å². The molecular formula is C14H22N2O. The van der Waals surface area contributed by atoms with E-state index in [1.54, 1.807) is 7.11 Å². The molecule has 3 nitrogen and oxygen atoms in total. The summed E-state index contributed by atoms with van der Waals surface area (Å²) in [5.41, 5.74) is 2.96. The van der Waals surface area contributed by atoms with E-state index in [0.717, 1.165) is 32.7 Å². The van der Waals surface area contributed by atoms with Crippen LogP contribution >= 0.6 is 0 Å². The second-order valence-electron chi connectivity index (χ2n) is 4.71. The SMILES string of the molecule is COCCN(C)CC1NCCc2ccccc21. The summed E-state index contributed by atoms with van der Waals surface area (Å²) >= 11 is 0. The van der Waals surface area contributed by atoms with Crippen LogP contribution in [0.5, 0.6) is 0 Å². The number of ether oxygens (including phenoxy) is 1. The summed E-state index contributed by atoms with van der Waals surface area (Å²) in [4.78, 5) is 2.32. The Hall–Kier alpha value is -0.900. The highest BCUT2D eigenvalue weighted by Crippen LogP contribution is 2.22. The highest BCUT2D eigenvalue weighted by Gasteiger charge is 2.19. The second-order valence-corrected chi connectivity index (χ2v) is 4.71. The van der Waals surface area contributed by atoms with Crippen LogP contribution in [0.25, 0.3) is 0 Å². The second kappa shape index (κ2) is 6.15. The van der Waals surface area contributed by atoms with E-state index in [4.69, 9.17) is 4.74 Å². The molecule has 1 aliphatic heterocycles. The smallest absolute Gasteiger partial charge is 0.0589 e. The zero-order valence-corrected chi connectivity index (χ0v) is 10.8. The molecule has 0 saturated carbocycles. The summed E-state index contributed by atoms with van der Waals surface area (Å²) < 4.78 is 5.11. The van der Waals surface area contributed by atoms with E-state index in [9.17, 15) is 0 Å². The van der Waals surface area contributed by atoms with E-state index >= 15 is 0 Å². The van der Waals surface area contributed by atoms with E-state index in [-0.39, 0.29) is 0 Å². The first-order valence-electron chi connectivity index (χ1n) is 6.30. The van der Waals surface area contributed by atoms with Crippen molar-refractivity contribution in [2.45, 2.75) is 12.5 Å². The fraction of sp³-hybridized carbons (Fsp3) is 0.571.